The molecule has 9 nitrogen and oxygen atoms in total. The lowest BCUT2D eigenvalue weighted by Crippen LogP contribution is -2.49. The van der Waals surface area contributed by atoms with Gasteiger partial charge in [0, 0.05) is 29.8 Å². The summed E-state index contributed by atoms with van der Waals surface area (Å²) >= 11 is 1.39. The second kappa shape index (κ2) is 13.4. The molecule has 1 aromatic carbocycles. The van der Waals surface area contributed by atoms with Crippen molar-refractivity contribution in [2.75, 3.05) is 0 Å². The summed E-state index contributed by atoms with van der Waals surface area (Å²) in [6.45, 7) is 7.59. The minimum atomic E-state index is -0.876. The van der Waals surface area contributed by atoms with Crippen molar-refractivity contribution in [3.8, 4) is 0 Å². The van der Waals surface area contributed by atoms with Crippen LogP contribution in [0.15, 0.2) is 36.5 Å². The third-order valence-corrected chi connectivity index (χ3v) is 7.59. The lowest BCUT2D eigenvalue weighted by molar-refractivity contribution is -0.149. The number of Topliss-reactive ketones (excluding diaryl/α,β-unsaturated/α-hetero) is 2. The maximum Gasteiger partial charge on any atom is 0.306 e. The maximum atomic E-state index is 13.4. The van der Waals surface area contributed by atoms with E-state index in [1.165, 1.54) is 11.3 Å². The van der Waals surface area contributed by atoms with Gasteiger partial charge in [0.1, 0.15) is 6.61 Å². The van der Waals surface area contributed by atoms with E-state index in [0.717, 1.165) is 10.4 Å². The molecule has 2 bridgehead atoms. The average Bonchev–Trinajstić information content (AvgIpc) is 3.35. The SMILES string of the molecule is CC(C)C(CC(=O)OCc1ccccc1)C(=O)NC(C(=O)CC1Cc2ncc(s2)CNC(=O)C1=O)C(C)C. The van der Waals surface area contributed by atoms with Crippen LogP contribution in [0, 0.1) is 23.7 Å². The van der Waals surface area contributed by atoms with E-state index < -0.39 is 41.4 Å². The highest BCUT2D eigenvalue weighted by Crippen LogP contribution is 2.23. The minimum absolute atomic E-state index is 0.114. The number of hydrogen-bond acceptors (Lipinski definition) is 8. The van der Waals surface area contributed by atoms with Crippen LogP contribution < -0.4 is 10.6 Å². The Bertz CT molecular complexity index is 1160. The van der Waals surface area contributed by atoms with Gasteiger partial charge < -0.3 is 15.4 Å². The topological polar surface area (TPSA) is 132 Å². The van der Waals surface area contributed by atoms with Gasteiger partial charge in [-0.05, 0) is 17.4 Å². The van der Waals surface area contributed by atoms with E-state index in [1.54, 1.807) is 20.0 Å². The summed E-state index contributed by atoms with van der Waals surface area (Å²) in [7, 11) is 0. The fourth-order valence-corrected chi connectivity index (χ4v) is 5.23. The van der Waals surface area contributed by atoms with Crippen molar-refractivity contribution in [3.05, 3.63) is 52.0 Å². The normalized spacial score (nSPS) is 17.2. The minimum Gasteiger partial charge on any atom is -0.461 e. The number of rotatable bonds is 11. The number of carbonyl (C=O) groups excluding carboxylic acids is 5. The Balaban J connectivity index is 1.65. The van der Waals surface area contributed by atoms with E-state index in [1.807, 2.05) is 44.2 Å². The van der Waals surface area contributed by atoms with E-state index in [0.29, 0.717) is 5.01 Å². The summed E-state index contributed by atoms with van der Waals surface area (Å²) in [4.78, 5) is 69.3. The van der Waals surface area contributed by atoms with Crippen molar-refractivity contribution in [2.45, 2.75) is 66.2 Å². The van der Waals surface area contributed by atoms with Crippen LogP contribution in [0.2, 0.25) is 0 Å². The molecular weight excluding hydrogens is 506 g/mol. The second-order valence-corrected chi connectivity index (χ2v) is 11.5. The van der Waals surface area contributed by atoms with Gasteiger partial charge in [-0.15, -0.1) is 11.3 Å². The number of hydrogen-bond donors (Lipinski definition) is 2. The van der Waals surface area contributed by atoms with Crippen molar-refractivity contribution in [1.29, 1.82) is 0 Å². The number of aromatic nitrogens is 1. The van der Waals surface area contributed by atoms with Gasteiger partial charge in [0.2, 0.25) is 11.7 Å². The molecule has 1 aliphatic rings. The van der Waals surface area contributed by atoms with Gasteiger partial charge in [0.25, 0.3) is 5.91 Å². The summed E-state index contributed by atoms with van der Waals surface area (Å²) in [5.41, 5.74) is 0.846. The number of amides is 2. The van der Waals surface area contributed by atoms with Crippen molar-refractivity contribution < 1.29 is 28.7 Å². The molecule has 3 unspecified atom stereocenters. The number of ether oxygens (including phenoxy) is 1. The number of nitrogens with zero attached hydrogens (tertiary/aromatic N) is 1. The van der Waals surface area contributed by atoms with Gasteiger partial charge in [-0.25, -0.2) is 4.98 Å². The molecule has 0 spiro atoms. The van der Waals surface area contributed by atoms with Crippen LogP contribution in [0.25, 0.3) is 0 Å². The Morgan fingerprint density at radius 3 is 2.47 bits per heavy atom. The maximum absolute atomic E-state index is 13.4. The van der Waals surface area contributed by atoms with E-state index in [9.17, 15) is 24.0 Å². The number of benzene rings is 1. The zero-order chi connectivity index (χ0) is 27.8. The molecule has 2 heterocycles. The lowest BCUT2D eigenvalue weighted by Gasteiger charge is -2.27. The first-order valence-corrected chi connectivity index (χ1v) is 13.6. The van der Waals surface area contributed by atoms with Gasteiger partial charge in [-0.2, -0.15) is 0 Å². The largest absolute Gasteiger partial charge is 0.461 e. The van der Waals surface area contributed by atoms with Crippen molar-refractivity contribution >= 4 is 40.7 Å². The summed E-state index contributed by atoms with van der Waals surface area (Å²) in [5, 5.41) is 6.07. The molecule has 10 heteroatoms. The van der Waals surface area contributed by atoms with Crippen molar-refractivity contribution in [3.63, 3.8) is 0 Å². The molecule has 2 amide bonds. The number of fused-ring (bicyclic) bond motifs is 2. The monoisotopic (exact) mass is 541 g/mol. The smallest absolute Gasteiger partial charge is 0.306 e. The molecule has 1 aliphatic heterocycles. The predicted octanol–water partition coefficient (Wildman–Crippen LogP) is 3.01. The summed E-state index contributed by atoms with van der Waals surface area (Å²) in [5.74, 6) is -4.67. The van der Waals surface area contributed by atoms with Gasteiger partial charge in [-0.1, -0.05) is 58.0 Å². The zero-order valence-electron chi connectivity index (χ0n) is 22.2. The fourth-order valence-electron chi connectivity index (χ4n) is 4.29. The van der Waals surface area contributed by atoms with Crippen LogP contribution in [0.1, 0.15) is 56.0 Å². The Labute approximate surface area is 226 Å². The Morgan fingerprint density at radius 2 is 1.82 bits per heavy atom. The Hall–Kier alpha value is -3.40. The number of nitrogens with one attached hydrogen (secondary N) is 2. The fraction of sp³-hybridized carbons (Fsp3) is 0.500. The molecule has 0 fully saturated rings. The summed E-state index contributed by atoms with van der Waals surface area (Å²) < 4.78 is 5.36. The third kappa shape index (κ3) is 8.05. The number of thiazole rings is 1. The first-order chi connectivity index (χ1) is 18.0. The Kier molecular flexibility index (Phi) is 10.3. The van der Waals surface area contributed by atoms with E-state index in [-0.39, 0.29) is 50.0 Å². The molecular formula is C28H35N3O6S. The molecule has 3 atom stereocenters. The van der Waals surface area contributed by atoms with Gasteiger partial charge in [0.15, 0.2) is 5.78 Å². The van der Waals surface area contributed by atoms with Crippen LogP contribution in [0.5, 0.6) is 0 Å². The molecule has 2 aromatic rings. The highest BCUT2D eigenvalue weighted by Gasteiger charge is 2.35. The van der Waals surface area contributed by atoms with Crippen LogP contribution in [-0.2, 0) is 48.3 Å². The number of ketones is 2. The first kappa shape index (κ1) is 29.2. The average molecular weight is 542 g/mol. The van der Waals surface area contributed by atoms with Gasteiger partial charge in [-0.3, -0.25) is 24.0 Å². The highest BCUT2D eigenvalue weighted by molar-refractivity contribution is 7.11. The van der Waals surface area contributed by atoms with E-state index in [2.05, 4.69) is 15.6 Å². The molecule has 2 N–H and O–H groups in total. The Morgan fingerprint density at radius 1 is 1.11 bits per heavy atom. The van der Waals surface area contributed by atoms with Crippen LogP contribution in [0.4, 0.5) is 0 Å². The van der Waals surface area contributed by atoms with Crippen LogP contribution >= 0.6 is 11.3 Å². The molecule has 3 rings (SSSR count). The summed E-state index contributed by atoms with van der Waals surface area (Å²) in [6, 6.07) is 8.39. The quantitative estimate of drug-likeness (QED) is 0.330. The van der Waals surface area contributed by atoms with Crippen molar-refractivity contribution in [2.24, 2.45) is 23.7 Å². The lowest BCUT2D eigenvalue weighted by atomic mass is 9.86. The molecule has 1 aromatic heterocycles. The molecule has 38 heavy (non-hydrogen) atoms. The van der Waals surface area contributed by atoms with Crippen LogP contribution in [-0.4, -0.2) is 40.4 Å². The molecule has 204 valence electrons. The highest BCUT2D eigenvalue weighted by atomic mass is 32.1. The molecule has 0 saturated carbocycles. The predicted molar refractivity (Wildman–Crippen MR) is 142 cm³/mol. The van der Waals surface area contributed by atoms with Gasteiger partial charge in [0.05, 0.1) is 29.9 Å². The number of esters is 1. The zero-order valence-corrected chi connectivity index (χ0v) is 23.0. The van der Waals surface area contributed by atoms with Gasteiger partial charge >= 0.3 is 5.97 Å². The first-order valence-electron chi connectivity index (χ1n) is 12.8. The molecule has 0 saturated heterocycles. The number of carbonyl (C=O) groups is 5. The standard InChI is InChI=1S/C28H35N3O6S/c1-16(2)21(12-24(33)37-15-18-8-6-5-7-9-18)27(35)31-25(17(3)4)22(32)10-19-11-23-29-13-20(38-23)14-30-28(36)26(19)34/h5-9,13,16-17,19,21,25H,10-12,14-15H2,1-4H3,(H,30,36)(H,31,35). The molecule has 0 aliphatic carbocycles. The third-order valence-electron chi connectivity index (χ3n) is 6.57. The second-order valence-electron chi connectivity index (χ2n) is 10.3. The van der Waals surface area contributed by atoms with E-state index in [4.69, 9.17) is 4.74 Å². The van der Waals surface area contributed by atoms with Crippen LogP contribution in [0.3, 0.4) is 0 Å². The van der Waals surface area contributed by atoms with Crippen molar-refractivity contribution in [1.82, 2.24) is 15.6 Å². The molecule has 0 radical (unpaired) electrons. The summed E-state index contributed by atoms with van der Waals surface area (Å²) in [6.07, 6.45) is 1.52. The van der Waals surface area contributed by atoms with E-state index >= 15 is 0 Å².